The molecule has 1 aromatic carbocycles. The lowest BCUT2D eigenvalue weighted by Crippen LogP contribution is -2.37. The van der Waals surface area contributed by atoms with Crippen molar-refractivity contribution in [3.05, 3.63) is 30.3 Å². The first-order chi connectivity index (χ1) is 9.24. The second-order valence-electron chi connectivity index (χ2n) is 3.77. The van der Waals surface area contributed by atoms with Crippen LogP contribution in [0.25, 0.3) is 0 Å². The van der Waals surface area contributed by atoms with Crippen molar-refractivity contribution >= 4 is 24.1 Å². The molecule has 0 fully saturated rings. The summed E-state index contributed by atoms with van der Waals surface area (Å²) in [5, 5.41) is 11.1. The maximum absolute atomic E-state index is 10.7. The lowest BCUT2D eigenvalue weighted by atomic mass is 10.3. The Kier molecular flexibility index (Phi) is 7.50. The fourth-order valence-corrected chi connectivity index (χ4v) is 2.30. The van der Waals surface area contributed by atoms with Crippen molar-refractivity contribution in [3.63, 3.8) is 0 Å². The Morgan fingerprint density at radius 3 is 2.79 bits per heavy atom. The van der Waals surface area contributed by atoms with Gasteiger partial charge < -0.3 is 15.2 Å². The summed E-state index contributed by atoms with van der Waals surface area (Å²) < 4.78 is 5.51. The molecule has 0 spiro atoms. The average molecular weight is 283 g/mol. The molecule has 1 atom stereocenters. The first-order valence-electron chi connectivity index (χ1n) is 5.92. The number of hydrogen-bond donors (Lipinski definition) is 2. The zero-order chi connectivity index (χ0) is 13.9. The van der Waals surface area contributed by atoms with Crippen molar-refractivity contribution in [1.29, 1.82) is 0 Å². The molecule has 0 aliphatic carbocycles. The summed E-state index contributed by atoms with van der Waals surface area (Å²) in [6.07, 6.45) is 1.24. The van der Waals surface area contributed by atoms with Gasteiger partial charge in [-0.25, -0.2) is 4.79 Å². The minimum absolute atomic E-state index is 0.361. The van der Waals surface area contributed by atoms with Crippen LogP contribution in [0.3, 0.4) is 0 Å². The van der Waals surface area contributed by atoms with Crippen LogP contribution in [0.5, 0.6) is 5.75 Å². The molecule has 1 amide bonds. The molecule has 0 aromatic heterocycles. The van der Waals surface area contributed by atoms with Crippen LogP contribution in [0.2, 0.25) is 0 Å². The number of ether oxygens (including phenoxy) is 1. The minimum atomic E-state index is -1.01. The number of hydrogen-bond acceptors (Lipinski definition) is 4. The topological polar surface area (TPSA) is 75.6 Å². The fraction of sp³-hybridized carbons (Fsp3) is 0.385. The van der Waals surface area contributed by atoms with Crippen LogP contribution in [-0.2, 0) is 9.59 Å². The number of carbonyl (C=O) groups excluding carboxylic acids is 1. The first-order valence-corrected chi connectivity index (χ1v) is 7.07. The van der Waals surface area contributed by atoms with Gasteiger partial charge in [-0.2, -0.15) is 11.8 Å². The van der Waals surface area contributed by atoms with Crippen LogP contribution in [0.1, 0.15) is 6.42 Å². The first kappa shape index (κ1) is 15.4. The summed E-state index contributed by atoms with van der Waals surface area (Å²) in [5.41, 5.74) is 0. The van der Waals surface area contributed by atoms with E-state index in [1.54, 1.807) is 0 Å². The van der Waals surface area contributed by atoms with Crippen LogP contribution in [-0.4, -0.2) is 41.6 Å². The summed E-state index contributed by atoms with van der Waals surface area (Å²) in [5.74, 6) is 0.968. The second kappa shape index (κ2) is 9.27. The average Bonchev–Trinajstić information content (AvgIpc) is 2.42. The summed E-state index contributed by atoms with van der Waals surface area (Å²) in [4.78, 5) is 20.9. The molecule has 0 aliphatic heterocycles. The number of benzene rings is 1. The van der Waals surface area contributed by atoms with Gasteiger partial charge in [-0.3, -0.25) is 4.79 Å². The van der Waals surface area contributed by atoms with Gasteiger partial charge in [0.05, 0.1) is 6.61 Å². The van der Waals surface area contributed by atoms with Crippen molar-refractivity contribution in [1.82, 2.24) is 5.32 Å². The predicted molar refractivity (Wildman–Crippen MR) is 74.5 cm³/mol. The Hall–Kier alpha value is -1.69. The maximum Gasteiger partial charge on any atom is 0.327 e. The lowest BCUT2D eigenvalue weighted by Gasteiger charge is -2.10. The molecule has 6 heteroatoms. The number of rotatable bonds is 10. The van der Waals surface area contributed by atoms with E-state index in [4.69, 9.17) is 9.84 Å². The molecule has 1 aromatic rings. The van der Waals surface area contributed by atoms with Crippen molar-refractivity contribution in [2.75, 3.05) is 18.1 Å². The van der Waals surface area contributed by atoms with Gasteiger partial charge in [-0.1, -0.05) is 18.2 Å². The summed E-state index contributed by atoms with van der Waals surface area (Å²) >= 11 is 1.48. The highest BCUT2D eigenvalue weighted by molar-refractivity contribution is 7.99. The third-order valence-electron chi connectivity index (χ3n) is 2.30. The second-order valence-corrected chi connectivity index (χ2v) is 4.92. The molecule has 19 heavy (non-hydrogen) atoms. The van der Waals surface area contributed by atoms with E-state index in [1.165, 1.54) is 11.8 Å². The predicted octanol–water partition coefficient (Wildman–Crippen LogP) is 1.39. The number of nitrogens with one attached hydrogen (secondary N) is 1. The van der Waals surface area contributed by atoms with E-state index in [9.17, 15) is 9.59 Å². The standard InChI is InChI=1S/C13H17NO4S/c15-10-14-12(13(16)17)9-19-8-4-7-18-11-5-2-1-3-6-11/h1-3,5-6,10,12H,4,7-9H2,(H,14,15)(H,16,17). The van der Waals surface area contributed by atoms with E-state index in [1.807, 2.05) is 30.3 Å². The molecular weight excluding hydrogens is 266 g/mol. The van der Waals surface area contributed by atoms with Gasteiger partial charge in [0.2, 0.25) is 6.41 Å². The normalized spacial score (nSPS) is 11.6. The lowest BCUT2D eigenvalue weighted by molar-refractivity contribution is -0.139. The summed E-state index contributed by atoms with van der Waals surface area (Å²) in [6, 6.07) is 8.70. The number of aliphatic carboxylic acids is 1. The Balaban J connectivity index is 2.07. The van der Waals surface area contributed by atoms with Gasteiger partial charge in [0, 0.05) is 5.75 Å². The Labute approximate surface area is 116 Å². The van der Waals surface area contributed by atoms with Crippen molar-refractivity contribution in [3.8, 4) is 5.75 Å². The van der Waals surface area contributed by atoms with E-state index in [-0.39, 0.29) is 0 Å². The summed E-state index contributed by atoms with van der Waals surface area (Å²) in [6.45, 7) is 0.593. The largest absolute Gasteiger partial charge is 0.494 e. The molecular formula is C13H17NO4S. The van der Waals surface area contributed by atoms with Crippen LogP contribution < -0.4 is 10.1 Å². The molecule has 0 saturated carbocycles. The van der Waals surface area contributed by atoms with E-state index in [0.29, 0.717) is 18.8 Å². The van der Waals surface area contributed by atoms with Gasteiger partial charge in [-0.05, 0) is 24.3 Å². The molecule has 104 valence electrons. The highest BCUT2D eigenvalue weighted by Crippen LogP contribution is 2.10. The summed E-state index contributed by atoms with van der Waals surface area (Å²) in [7, 11) is 0. The molecule has 0 bridgehead atoms. The van der Waals surface area contributed by atoms with Crippen LogP contribution in [0.4, 0.5) is 0 Å². The molecule has 5 nitrogen and oxygen atoms in total. The number of para-hydroxylation sites is 1. The highest BCUT2D eigenvalue weighted by atomic mass is 32.2. The van der Waals surface area contributed by atoms with Gasteiger partial charge in [-0.15, -0.1) is 0 Å². The minimum Gasteiger partial charge on any atom is -0.494 e. The van der Waals surface area contributed by atoms with Gasteiger partial charge in [0.25, 0.3) is 0 Å². The smallest absolute Gasteiger partial charge is 0.327 e. The number of amides is 1. The number of carboxylic acids is 1. The fourth-order valence-electron chi connectivity index (χ4n) is 1.34. The van der Waals surface area contributed by atoms with Crippen molar-refractivity contribution in [2.24, 2.45) is 0 Å². The van der Waals surface area contributed by atoms with E-state index < -0.39 is 12.0 Å². The van der Waals surface area contributed by atoms with Crippen LogP contribution >= 0.6 is 11.8 Å². The number of carbonyl (C=O) groups is 2. The molecule has 2 N–H and O–H groups in total. The monoisotopic (exact) mass is 283 g/mol. The highest BCUT2D eigenvalue weighted by Gasteiger charge is 2.15. The Morgan fingerprint density at radius 2 is 2.16 bits per heavy atom. The number of thioether (sulfide) groups is 1. The third-order valence-corrected chi connectivity index (χ3v) is 3.44. The Morgan fingerprint density at radius 1 is 1.42 bits per heavy atom. The van der Waals surface area contributed by atoms with E-state index >= 15 is 0 Å². The van der Waals surface area contributed by atoms with Gasteiger partial charge in [0.1, 0.15) is 11.8 Å². The van der Waals surface area contributed by atoms with E-state index in [2.05, 4.69) is 5.32 Å². The van der Waals surface area contributed by atoms with Crippen LogP contribution in [0, 0.1) is 0 Å². The van der Waals surface area contributed by atoms with E-state index in [0.717, 1.165) is 17.9 Å². The molecule has 0 saturated heterocycles. The zero-order valence-corrected chi connectivity index (χ0v) is 11.3. The van der Waals surface area contributed by atoms with Crippen molar-refractivity contribution in [2.45, 2.75) is 12.5 Å². The third kappa shape index (κ3) is 6.71. The molecule has 1 rings (SSSR count). The SMILES string of the molecule is O=CNC(CSCCCOc1ccccc1)C(=O)O. The molecule has 1 unspecified atom stereocenters. The molecule has 0 aliphatic rings. The van der Waals surface area contributed by atoms with Gasteiger partial charge >= 0.3 is 5.97 Å². The van der Waals surface area contributed by atoms with Gasteiger partial charge in [0.15, 0.2) is 0 Å². The molecule has 0 radical (unpaired) electrons. The number of carboxylic acid groups (broad SMARTS) is 1. The van der Waals surface area contributed by atoms with Crippen LogP contribution in [0.15, 0.2) is 30.3 Å². The maximum atomic E-state index is 10.7. The van der Waals surface area contributed by atoms with Crippen molar-refractivity contribution < 1.29 is 19.4 Å². The quantitative estimate of drug-likeness (QED) is 0.501. The molecule has 0 heterocycles. The zero-order valence-electron chi connectivity index (χ0n) is 10.5. The Bertz CT molecular complexity index is 385.